The number of hydrogen-bond donors (Lipinski definition) is 0. The van der Waals surface area contributed by atoms with E-state index in [-0.39, 0.29) is 0 Å². The van der Waals surface area contributed by atoms with Crippen molar-refractivity contribution in [1.29, 1.82) is 0 Å². The Morgan fingerprint density at radius 1 is 0.438 bits per heavy atom. The minimum absolute atomic E-state index is 0.770. The number of benzene rings is 4. The van der Waals surface area contributed by atoms with Crippen molar-refractivity contribution in [2.75, 3.05) is 0 Å². The monoisotopic (exact) mass is 796 g/mol. The van der Waals surface area contributed by atoms with E-state index in [0.29, 0.717) is 0 Å². The van der Waals surface area contributed by atoms with Gasteiger partial charge in [0.05, 0.1) is 0 Å². The molecule has 4 rings (SSSR count). The van der Waals surface area contributed by atoms with Crippen molar-refractivity contribution in [3.8, 4) is 0 Å². The van der Waals surface area contributed by atoms with Gasteiger partial charge in [-0.25, -0.2) is 0 Å². The Labute approximate surface area is 222 Å². The van der Waals surface area contributed by atoms with Crippen molar-refractivity contribution in [3.63, 3.8) is 0 Å². The Bertz CT molecular complexity index is 875. The summed E-state index contributed by atoms with van der Waals surface area (Å²) in [6.07, 6.45) is 0. The predicted molar refractivity (Wildman–Crippen MR) is 146 cm³/mol. The Morgan fingerprint density at radius 3 is 0.750 bits per heavy atom. The fourth-order valence-corrected chi connectivity index (χ4v) is 12.5. The second kappa shape index (κ2) is 17.5. The summed E-state index contributed by atoms with van der Waals surface area (Å²) in [6.45, 7) is 9.00. The van der Waals surface area contributed by atoms with Gasteiger partial charge in [-0.2, -0.15) is 0 Å². The van der Waals surface area contributed by atoms with Crippen molar-refractivity contribution in [2.45, 2.75) is 0 Å². The second-order valence-corrected chi connectivity index (χ2v) is 25.8. The van der Waals surface area contributed by atoms with Crippen molar-refractivity contribution < 1.29 is 19.4 Å². The summed E-state index contributed by atoms with van der Waals surface area (Å²) in [5.41, 5.74) is 0. The molecule has 164 valence electrons. The Morgan fingerprint density at radius 2 is 0.594 bits per heavy atom. The summed E-state index contributed by atoms with van der Waals surface area (Å²) in [6, 6.07) is 44.2. The van der Waals surface area contributed by atoms with Crippen molar-refractivity contribution in [1.82, 2.24) is 0 Å². The molecule has 0 heterocycles. The molecule has 0 saturated heterocycles. The molecule has 0 atom stereocenters. The molecule has 0 fully saturated rings. The third-order valence-corrected chi connectivity index (χ3v) is 13.6. The second-order valence-electron chi connectivity index (χ2n) is 6.06. The van der Waals surface area contributed by atoms with Crippen LogP contribution in [-0.2, 0) is 19.4 Å². The summed E-state index contributed by atoms with van der Waals surface area (Å²) < 4.78 is 20.8. The van der Waals surface area contributed by atoms with Crippen molar-refractivity contribution >= 4 is 70.5 Å². The van der Waals surface area contributed by atoms with E-state index < -0.39 is 13.6 Å². The first-order chi connectivity index (χ1) is 15.8. The summed E-state index contributed by atoms with van der Waals surface area (Å²) >= 11 is 1.92. The van der Waals surface area contributed by atoms with E-state index in [9.17, 15) is 0 Å². The van der Waals surface area contributed by atoms with Gasteiger partial charge in [0.25, 0.3) is 0 Å². The van der Waals surface area contributed by atoms with E-state index in [2.05, 4.69) is 174 Å². The molecule has 0 N–H and O–H groups in total. The van der Waals surface area contributed by atoms with Crippen LogP contribution in [0.15, 0.2) is 121 Å². The molecule has 4 aromatic rings. The maximum atomic E-state index is 7.50. The molecular formula is C26H20AsI2O2Rh. The third-order valence-electron chi connectivity index (χ3n) is 4.57. The fraction of sp³-hybridized carbons (Fsp3) is 0. The first-order valence-electron chi connectivity index (χ1n) is 9.20. The van der Waals surface area contributed by atoms with Gasteiger partial charge in [-0.05, 0) is 0 Å². The molecule has 0 aromatic heterocycles. The van der Waals surface area contributed by atoms with E-state index in [1.807, 2.05) is 0 Å². The number of rotatable bonds is 4. The predicted octanol–water partition coefficient (Wildman–Crippen LogP) is 4.76. The van der Waals surface area contributed by atoms with Crippen LogP contribution in [0.2, 0.25) is 0 Å². The van der Waals surface area contributed by atoms with Crippen LogP contribution in [0.5, 0.6) is 0 Å². The molecule has 2 nitrogen and oxygen atoms in total. The van der Waals surface area contributed by atoms with Gasteiger partial charge in [0.1, 0.15) is 0 Å². The standard InChI is InChI=1S/C24H20As.2CO.2HI.Rh/c1-5-13-21(14-6-1)25(22-15-7-2-8-16-22,23-17-9-3-10-18-23)24-19-11-4-12-20-24;2*1-2;;;/h1-20H;;;2*1H;/q+1;;;;;+1/p-2. The molecule has 0 spiro atoms. The van der Waals surface area contributed by atoms with Crippen LogP contribution in [-0.4, -0.2) is 13.6 Å². The number of halogens is 2. The molecule has 6 heteroatoms. The van der Waals surface area contributed by atoms with Crippen LogP contribution in [0.3, 0.4) is 0 Å². The van der Waals surface area contributed by atoms with Gasteiger partial charge < -0.3 is 0 Å². The van der Waals surface area contributed by atoms with E-state index in [1.165, 1.54) is 17.4 Å². The van der Waals surface area contributed by atoms with Crippen LogP contribution in [0.25, 0.3) is 0 Å². The third kappa shape index (κ3) is 7.52. The topological polar surface area (TPSA) is 39.8 Å². The van der Waals surface area contributed by atoms with Gasteiger partial charge in [0.15, 0.2) is 0 Å². The number of hydrogen-bond acceptors (Lipinski definition) is 0. The van der Waals surface area contributed by atoms with Crippen LogP contribution < -0.4 is 17.4 Å². The van der Waals surface area contributed by atoms with Gasteiger partial charge >= 0.3 is 224 Å². The van der Waals surface area contributed by atoms with Crippen LogP contribution in [0, 0.1) is 13.3 Å². The van der Waals surface area contributed by atoms with Gasteiger partial charge in [0.2, 0.25) is 0 Å². The quantitative estimate of drug-likeness (QED) is 0.124. The van der Waals surface area contributed by atoms with E-state index in [4.69, 9.17) is 9.30 Å². The molecule has 0 aliphatic heterocycles. The molecule has 0 bridgehead atoms. The zero-order valence-electron chi connectivity index (χ0n) is 16.9. The average molecular weight is 796 g/mol. The normalized spacial score (nSPS) is 9.56. The Kier molecular flexibility index (Phi) is 15.9. The van der Waals surface area contributed by atoms with E-state index in [0.717, 1.165) is 10.1 Å². The van der Waals surface area contributed by atoms with E-state index in [1.54, 1.807) is 0 Å². The molecular weight excluding hydrogens is 776 g/mol. The van der Waals surface area contributed by atoms with Gasteiger partial charge in [0, 0.05) is 0 Å². The first kappa shape index (κ1) is 29.0. The summed E-state index contributed by atoms with van der Waals surface area (Å²) in [5, 5.41) is 0. The zero-order valence-corrected chi connectivity index (χ0v) is 24.7. The maximum absolute atomic E-state index is 7.50. The average Bonchev–Trinajstić information content (AvgIpc) is 2.90. The van der Waals surface area contributed by atoms with Gasteiger partial charge in [-0.3, -0.25) is 0 Å². The summed E-state index contributed by atoms with van der Waals surface area (Å²) in [5.74, 6) is 0. The summed E-state index contributed by atoms with van der Waals surface area (Å²) in [4.78, 5) is 0. The Balaban J connectivity index is 0.000000662. The molecule has 0 radical (unpaired) electrons. The first-order valence-corrected chi connectivity index (χ1v) is 22.7. The minimum atomic E-state index is -2.77. The summed E-state index contributed by atoms with van der Waals surface area (Å²) in [7, 11) is 0.770. The van der Waals surface area contributed by atoms with Gasteiger partial charge in [-0.1, -0.05) is 0 Å². The Hall–Kier alpha value is -0.998. The molecule has 0 unspecified atom stereocenters. The SMILES string of the molecule is [C-]#[O+].[C-]#[O+].[I][Rh-][I].c1ccc([As+](c2ccccc2)(c2ccccc2)c2ccccc2)cc1. The molecule has 4 aromatic carbocycles. The van der Waals surface area contributed by atoms with Crippen molar-refractivity contribution in [2.24, 2.45) is 0 Å². The van der Waals surface area contributed by atoms with Crippen LogP contribution in [0.1, 0.15) is 0 Å². The van der Waals surface area contributed by atoms with Crippen LogP contribution in [0.4, 0.5) is 0 Å². The molecule has 0 aliphatic rings. The zero-order chi connectivity index (χ0) is 23.7. The van der Waals surface area contributed by atoms with Crippen LogP contribution >= 0.6 is 39.5 Å². The fourth-order valence-electron chi connectivity index (χ4n) is 3.50. The van der Waals surface area contributed by atoms with Gasteiger partial charge in [-0.15, -0.1) is 0 Å². The molecule has 0 aliphatic carbocycles. The molecule has 0 saturated carbocycles. The van der Waals surface area contributed by atoms with E-state index >= 15 is 0 Å². The van der Waals surface area contributed by atoms with Crippen molar-refractivity contribution in [3.05, 3.63) is 135 Å². The molecule has 32 heavy (non-hydrogen) atoms. The molecule has 0 amide bonds.